The number of aromatic nitrogens is 2. The molecule has 8 nitrogen and oxygen atoms in total. The third kappa shape index (κ3) is 2.33. The van der Waals surface area contributed by atoms with E-state index in [0.29, 0.717) is 3.57 Å². The summed E-state index contributed by atoms with van der Waals surface area (Å²) in [5.41, 5.74) is -0.818. The molecule has 0 unspecified atom stereocenters. The molecular weight excluding hydrogens is 357 g/mol. The van der Waals surface area contributed by atoms with Gasteiger partial charge in [-0.3, -0.25) is 14.3 Å². The van der Waals surface area contributed by atoms with E-state index in [9.17, 15) is 9.59 Å². The maximum absolute atomic E-state index is 11.6. The standard InChI is InChI=1S/C9H10IN3O5/c10-4-2-13(9(16)11-8(4)15)7-1-5(12-17)6(3-14)18-7/h2,6-7,14,17H,1,3H2,(H,11,15,16)/b12-5-/t6-,7-/m1/s1. The summed E-state index contributed by atoms with van der Waals surface area (Å²) in [6, 6.07) is 0. The lowest BCUT2D eigenvalue weighted by Crippen LogP contribution is -2.33. The van der Waals surface area contributed by atoms with Gasteiger partial charge in [-0.2, -0.15) is 0 Å². The van der Waals surface area contributed by atoms with E-state index in [4.69, 9.17) is 15.1 Å². The van der Waals surface area contributed by atoms with Crippen molar-refractivity contribution in [1.82, 2.24) is 9.55 Å². The van der Waals surface area contributed by atoms with Crippen molar-refractivity contribution >= 4 is 28.3 Å². The first kappa shape index (κ1) is 13.2. The fourth-order valence-corrected chi connectivity index (χ4v) is 2.15. The molecule has 18 heavy (non-hydrogen) atoms. The van der Waals surface area contributed by atoms with E-state index in [1.54, 1.807) is 22.6 Å². The van der Waals surface area contributed by atoms with Crippen molar-refractivity contribution in [2.24, 2.45) is 5.16 Å². The quantitative estimate of drug-likeness (QED) is 0.361. The number of halogens is 1. The predicted octanol–water partition coefficient (Wildman–Crippen LogP) is -0.749. The summed E-state index contributed by atoms with van der Waals surface area (Å²) in [5.74, 6) is 0. The monoisotopic (exact) mass is 367 g/mol. The number of oxime groups is 1. The molecule has 0 amide bonds. The van der Waals surface area contributed by atoms with Gasteiger partial charge in [0.05, 0.1) is 15.9 Å². The molecule has 1 aromatic rings. The smallest absolute Gasteiger partial charge is 0.330 e. The van der Waals surface area contributed by atoms with Crippen LogP contribution in [0, 0.1) is 3.57 Å². The summed E-state index contributed by atoms with van der Waals surface area (Å²) in [6.45, 7) is -0.342. The molecule has 1 saturated heterocycles. The molecule has 0 bridgehead atoms. The molecule has 0 aromatic carbocycles. The van der Waals surface area contributed by atoms with Gasteiger partial charge in [-0.05, 0) is 22.6 Å². The largest absolute Gasteiger partial charge is 0.411 e. The van der Waals surface area contributed by atoms with Gasteiger partial charge < -0.3 is 15.1 Å². The molecule has 1 aromatic heterocycles. The lowest BCUT2D eigenvalue weighted by Gasteiger charge is -2.13. The molecule has 0 spiro atoms. The van der Waals surface area contributed by atoms with Gasteiger partial charge in [0.25, 0.3) is 5.56 Å². The highest BCUT2D eigenvalue weighted by molar-refractivity contribution is 14.1. The predicted molar refractivity (Wildman–Crippen MR) is 68.9 cm³/mol. The molecule has 3 N–H and O–H groups in total. The van der Waals surface area contributed by atoms with E-state index >= 15 is 0 Å². The van der Waals surface area contributed by atoms with Gasteiger partial charge in [-0.25, -0.2) is 4.79 Å². The molecule has 0 saturated carbocycles. The third-order valence-corrected chi connectivity index (χ3v) is 3.37. The minimum absolute atomic E-state index is 0.170. The van der Waals surface area contributed by atoms with Crippen LogP contribution in [0.15, 0.2) is 20.9 Å². The van der Waals surface area contributed by atoms with Crippen molar-refractivity contribution in [2.45, 2.75) is 18.8 Å². The highest BCUT2D eigenvalue weighted by Gasteiger charge is 2.33. The van der Waals surface area contributed by atoms with Crippen molar-refractivity contribution in [3.8, 4) is 0 Å². The summed E-state index contributed by atoms with van der Waals surface area (Å²) in [7, 11) is 0. The van der Waals surface area contributed by atoms with Crippen LogP contribution in [0.25, 0.3) is 0 Å². The molecule has 2 heterocycles. The molecule has 0 aliphatic carbocycles. The van der Waals surface area contributed by atoms with Gasteiger partial charge in [-0.15, -0.1) is 0 Å². The van der Waals surface area contributed by atoms with Crippen molar-refractivity contribution in [3.63, 3.8) is 0 Å². The second-order valence-corrected chi connectivity index (χ2v) is 4.86. The number of nitrogens with one attached hydrogen (secondary N) is 1. The molecular formula is C9H10IN3O5. The van der Waals surface area contributed by atoms with E-state index in [-0.39, 0.29) is 18.7 Å². The Morgan fingerprint density at radius 2 is 2.33 bits per heavy atom. The highest BCUT2D eigenvalue weighted by atomic mass is 127. The Bertz CT molecular complexity index is 593. The number of aliphatic hydroxyl groups excluding tert-OH is 1. The van der Waals surface area contributed by atoms with E-state index < -0.39 is 23.6 Å². The third-order valence-electron chi connectivity index (χ3n) is 2.61. The van der Waals surface area contributed by atoms with Crippen LogP contribution in [0.5, 0.6) is 0 Å². The molecule has 98 valence electrons. The van der Waals surface area contributed by atoms with Crippen molar-refractivity contribution in [3.05, 3.63) is 30.6 Å². The maximum atomic E-state index is 11.6. The van der Waals surface area contributed by atoms with Crippen molar-refractivity contribution < 1.29 is 15.1 Å². The van der Waals surface area contributed by atoms with Gasteiger partial charge in [0.1, 0.15) is 12.3 Å². The molecule has 2 rings (SSSR count). The average Bonchev–Trinajstić information content (AvgIpc) is 2.76. The SMILES string of the molecule is O=c1[nH]c(=O)n([C@H]2C/C(=N/O)[C@@H](CO)O2)cc1I. The van der Waals surface area contributed by atoms with Crippen molar-refractivity contribution in [2.75, 3.05) is 6.61 Å². The Balaban J connectivity index is 2.38. The number of ether oxygens (including phenoxy) is 1. The van der Waals surface area contributed by atoms with E-state index in [1.807, 2.05) is 0 Å². The van der Waals surface area contributed by atoms with Gasteiger partial charge >= 0.3 is 5.69 Å². The molecule has 1 aliphatic heterocycles. The van der Waals surface area contributed by atoms with E-state index in [0.717, 1.165) is 0 Å². The highest BCUT2D eigenvalue weighted by Crippen LogP contribution is 2.24. The van der Waals surface area contributed by atoms with Crippen LogP contribution in [0.2, 0.25) is 0 Å². The van der Waals surface area contributed by atoms with Crippen LogP contribution < -0.4 is 11.2 Å². The second-order valence-electron chi connectivity index (χ2n) is 3.70. The van der Waals surface area contributed by atoms with Crippen LogP contribution in [0.4, 0.5) is 0 Å². The Morgan fingerprint density at radius 3 is 2.89 bits per heavy atom. The first-order chi connectivity index (χ1) is 8.56. The average molecular weight is 367 g/mol. The summed E-state index contributed by atoms with van der Waals surface area (Å²) < 4.78 is 6.91. The van der Waals surface area contributed by atoms with E-state index in [1.165, 1.54) is 10.8 Å². The fourth-order valence-electron chi connectivity index (χ4n) is 1.72. The first-order valence-corrected chi connectivity index (χ1v) is 6.12. The topological polar surface area (TPSA) is 117 Å². The fraction of sp³-hybridized carbons (Fsp3) is 0.444. The zero-order valence-corrected chi connectivity index (χ0v) is 11.2. The Morgan fingerprint density at radius 1 is 1.61 bits per heavy atom. The molecule has 9 heteroatoms. The Labute approximate surface area is 114 Å². The number of rotatable bonds is 2. The lowest BCUT2D eigenvalue weighted by atomic mass is 10.2. The van der Waals surface area contributed by atoms with Crippen LogP contribution in [0.1, 0.15) is 12.6 Å². The molecule has 2 atom stereocenters. The second kappa shape index (κ2) is 5.20. The molecule has 1 fully saturated rings. The minimum Gasteiger partial charge on any atom is -0.411 e. The van der Waals surface area contributed by atoms with Gasteiger partial charge in [-0.1, -0.05) is 5.16 Å². The minimum atomic E-state index is -0.739. The van der Waals surface area contributed by atoms with Gasteiger partial charge in [0, 0.05) is 12.6 Å². The van der Waals surface area contributed by atoms with Crippen LogP contribution in [0.3, 0.4) is 0 Å². The molecule has 0 radical (unpaired) electrons. The normalized spacial score (nSPS) is 25.8. The van der Waals surface area contributed by atoms with Crippen molar-refractivity contribution in [1.29, 1.82) is 0 Å². The number of H-pyrrole nitrogens is 1. The Hall–Kier alpha value is -1.20. The Kier molecular flexibility index (Phi) is 3.82. The van der Waals surface area contributed by atoms with Crippen LogP contribution >= 0.6 is 22.6 Å². The van der Waals surface area contributed by atoms with Crippen LogP contribution in [-0.4, -0.2) is 38.3 Å². The summed E-state index contributed by atoms with van der Waals surface area (Å²) in [5, 5.41) is 20.8. The summed E-state index contributed by atoms with van der Waals surface area (Å²) >= 11 is 1.79. The first-order valence-electron chi connectivity index (χ1n) is 5.05. The van der Waals surface area contributed by atoms with Gasteiger partial charge in [0.15, 0.2) is 0 Å². The number of aromatic amines is 1. The summed E-state index contributed by atoms with van der Waals surface area (Å²) in [6.07, 6.45) is 0.0904. The van der Waals surface area contributed by atoms with Gasteiger partial charge in [0.2, 0.25) is 0 Å². The number of aliphatic hydroxyl groups is 1. The number of hydrogen-bond donors (Lipinski definition) is 3. The van der Waals surface area contributed by atoms with Crippen LogP contribution in [-0.2, 0) is 4.74 Å². The summed E-state index contributed by atoms with van der Waals surface area (Å²) in [4.78, 5) is 25.0. The van der Waals surface area contributed by atoms with E-state index in [2.05, 4.69) is 10.1 Å². The number of nitrogens with zero attached hydrogens (tertiary/aromatic N) is 2. The lowest BCUT2D eigenvalue weighted by molar-refractivity contribution is -0.0153. The zero-order valence-electron chi connectivity index (χ0n) is 9.04. The maximum Gasteiger partial charge on any atom is 0.330 e. The zero-order chi connectivity index (χ0) is 13.3. The number of hydrogen-bond acceptors (Lipinski definition) is 6. The molecule has 1 aliphatic rings.